The van der Waals surface area contributed by atoms with E-state index in [1.165, 1.54) is 4.90 Å². The number of likely N-dealkylation sites (tertiary alicyclic amines) is 1. The standard InChI is InChI=1S/C17H27N3O3/c1-13-7-6-10-19(11-13)14(21)12-20-15(22)17(18(2)16(20)23)8-4-3-5-9-17/h13H,3-12H2,1-2H3. The van der Waals surface area contributed by atoms with Crippen molar-refractivity contribution in [3.05, 3.63) is 0 Å². The Labute approximate surface area is 137 Å². The molecule has 3 fully saturated rings. The maximum absolute atomic E-state index is 12.9. The Balaban J connectivity index is 1.71. The lowest BCUT2D eigenvalue weighted by Gasteiger charge is -2.36. The molecule has 0 N–H and O–H groups in total. The molecule has 0 aromatic rings. The number of carbonyl (C=O) groups excluding carboxylic acids is 3. The number of likely N-dealkylation sites (N-methyl/N-ethyl adjacent to an activating group) is 1. The highest BCUT2D eigenvalue weighted by molar-refractivity contribution is 6.08. The van der Waals surface area contributed by atoms with Gasteiger partial charge in [-0.25, -0.2) is 4.79 Å². The average molecular weight is 321 g/mol. The van der Waals surface area contributed by atoms with Gasteiger partial charge < -0.3 is 9.80 Å². The molecule has 4 amide bonds. The van der Waals surface area contributed by atoms with Crippen molar-refractivity contribution in [2.24, 2.45) is 5.92 Å². The SMILES string of the molecule is CC1CCCN(C(=O)CN2C(=O)N(C)C3(CCCCC3)C2=O)C1. The molecule has 1 spiro atoms. The van der Waals surface area contributed by atoms with Gasteiger partial charge >= 0.3 is 6.03 Å². The Bertz CT molecular complexity index is 513. The molecule has 1 atom stereocenters. The molecule has 0 aromatic heterocycles. The summed E-state index contributed by atoms with van der Waals surface area (Å²) in [5, 5.41) is 0. The zero-order valence-corrected chi connectivity index (χ0v) is 14.2. The van der Waals surface area contributed by atoms with E-state index >= 15 is 0 Å². The third-order valence-corrected chi connectivity index (χ3v) is 5.79. The van der Waals surface area contributed by atoms with Crippen LogP contribution in [0.2, 0.25) is 0 Å². The molecule has 2 saturated heterocycles. The van der Waals surface area contributed by atoms with E-state index in [1.807, 2.05) is 0 Å². The zero-order valence-electron chi connectivity index (χ0n) is 14.2. The molecule has 6 heteroatoms. The van der Waals surface area contributed by atoms with Gasteiger partial charge in [0.1, 0.15) is 12.1 Å². The molecule has 1 saturated carbocycles. The first-order valence-corrected chi connectivity index (χ1v) is 8.83. The summed E-state index contributed by atoms with van der Waals surface area (Å²) < 4.78 is 0. The van der Waals surface area contributed by atoms with Crippen LogP contribution in [0.1, 0.15) is 51.9 Å². The summed E-state index contributed by atoms with van der Waals surface area (Å²) >= 11 is 0. The van der Waals surface area contributed by atoms with Crippen LogP contribution in [0.25, 0.3) is 0 Å². The van der Waals surface area contributed by atoms with E-state index in [2.05, 4.69) is 6.92 Å². The number of urea groups is 1. The molecule has 23 heavy (non-hydrogen) atoms. The van der Waals surface area contributed by atoms with Gasteiger partial charge in [0.25, 0.3) is 5.91 Å². The monoisotopic (exact) mass is 321 g/mol. The van der Waals surface area contributed by atoms with Crippen molar-refractivity contribution in [2.75, 3.05) is 26.7 Å². The second-order valence-corrected chi connectivity index (χ2v) is 7.41. The topological polar surface area (TPSA) is 60.9 Å². The summed E-state index contributed by atoms with van der Waals surface area (Å²) in [6, 6.07) is -0.310. The molecule has 1 unspecified atom stereocenters. The fourth-order valence-electron chi connectivity index (χ4n) is 4.32. The summed E-state index contributed by atoms with van der Waals surface area (Å²) in [6.45, 7) is 3.50. The van der Waals surface area contributed by atoms with Crippen LogP contribution in [0.3, 0.4) is 0 Å². The highest BCUT2D eigenvalue weighted by atomic mass is 16.2. The molecular formula is C17H27N3O3. The van der Waals surface area contributed by atoms with E-state index in [0.29, 0.717) is 5.92 Å². The van der Waals surface area contributed by atoms with Crippen LogP contribution in [-0.4, -0.2) is 64.8 Å². The molecule has 0 bridgehead atoms. The molecule has 2 aliphatic heterocycles. The number of imide groups is 1. The fourth-order valence-corrected chi connectivity index (χ4v) is 4.32. The Morgan fingerprint density at radius 2 is 1.87 bits per heavy atom. The minimum absolute atomic E-state index is 0.0977. The fraction of sp³-hybridized carbons (Fsp3) is 0.824. The molecule has 6 nitrogen and oxygen atoms in total. The summed E-state index contributed by atoms with van der Waals surface area (Å²) in [7, 11) is 1.71. The van der Waals surface area contributed by atoms with Gasteiger partial charge in [-0.2, -0.15) is 0 Å². The third kappa shape index (κ3) is 2.72. The minimum atomic E-state index is -0.690. The van der Waals surface area contributed by atoms with Gasteiger partial charge in [0, 0.05) is 20.1 Å². The van der Waals surface area contributed by atoms with Crippen molar-refractivity contribution in [3.8, 4) is 0 Å². The minimum Gasteiger partial charge on any atom is -0.341 e. The first-order chi connectivity index (χ1) is 11.0. The number of carbonyl (C=O) groups is 3. The van der Waals surface area contributed by atoms with E-state index in [1.54, 1.807) is 16.8 Å². The molecule has 128 valence electrons. The smallest absolute Gasteiger partial charge is 0.327 e. The van der Waals surface area contributed by atoms with Gasteiger partial charge in [-0.1, -0.05) is 26.2 Å². The summed E-state index contributed by atoms with van der Waals surface area (Å²) in [6.07, 6.45) is 6.63. The highest BCUT2D eigenvalue weighted by Gasteiger charge is 2.56. The number of piperidine rings is 1. The van der Waals surface area contributed by atoms with Crippen molar-refractivity contribution in [1.29, 1.82) is 0 Å². The molecule has 0 radical (unpaired) electrons. The van der Waals surface area contributed by atoms with Crippen molar-refractivity contribution in [2.45, 2.75) is 57.4 Å². The van der Waals surface area contributed by atoms with E-state index in [0.717, 1.165) is 58.0 Å². The Kier molecular flexibility index (Phi) is 4.34. The predicted molar refractivity (Wildman–Crippen MR) is 85.7 cm³/mol. The van der Waals surface area contributed by atoms with E-state index in [-0.39, 0.29) is 24.4 Å². The lowest BCUT2D eigenvalue weighted by atomic mass is 9.81. The van der Waals surface area contributed by atoms with Gasteiger partial charge in [-0.15, -0.1) is 0 Å². The molecule has 0 aromatic carbocycles. The van der Waals surface area contributed by atoms with Crippen LogP contribution in [0.4, 0.5) is 4.79 Å². The van der Waals surface area contributed by atoms with E-state index < -0.39 is 5.54 Å². The predicted octanol–water partition coefficient (Wildman–Crippen LogP) is 1.84. The van der Waals surface area contributed by atoms with Crippen molar-refractivity contribution in [3.63, 3.8) is 0 Å². The lowest BCUT2D eigenvalue weighted by Crippen LogP contribution is -2.50. The normalized spacial score (nSPS) is 27.9. The maximum Gasteiger partial charge on any atom is 0.327 e. The number of hydrogen-bond donors (Lipinski definition) is 0. The number of hydrogen-bond acceptors (Lipinski definition) is 3. The molecule has 2 heterocycles. The summed E-state index contributed by atoms with van der Waals surface area (Å²) in [4.78, 5) is 42.5. The van der Waals surface area contributed by atoms with Crippen LogP contribution >= 0.6 is 0 Å². The first kappa shape index (κ1) is 16.3. The average Bonchev–Trinajstić information content (AvgIpc) is 2.72. The zero-order chi connectivity index (χ0) is 16.6. The summed E-state index contributed by atoms with van der Waals surface area (Å²) in [5.74, 6) is 0.229. The number of rotatable bonds is 2. The van der Waals surface area contributed by atoms with Crippen molar-refractivity contribution in [1.82, 2.24) is 14.7 Å². The van der Waals surface area contributed by atoms with Crippen LogP contribution < -0.4 is 0 Å². The van der Waals surface area contributed by atoms with Crippen LogP contribution in [0, 0.1) is 5.92 Å². The van der Waals surface area contributed by atoms with E-state index in [9.17, 15) is 14.4 Å². The third-order valence-electron chi connectivity index (χ3n) is 5.79. The van der Waals surface area contributed by atoms with Gasteiger partial charge in [0.15, 0.2) is 0 Å². The van der Waals surface area contributed by atoms with Crippen molar-refractivity contribution < 1.29 is 14.4 Å². The van der Waals surface area contributed by atoms with Crippen molar-refractivity contribution >= 4 is 17.8 Å². The van der Waals surface area contributed by atoms with Crippen LogP contribution in [0.15, 0.2) is 0 Å². The number of nitrogens with zero attached hydrogens (tertiary/aromatic N) is 3. The second-order valence-electron chi connectivity index (χ2n) is 7.41. The number of amides is 4. The molecule has 1 aliphatic carbocycles. The summed E-state index contributed by atoms with van der Waals surface area (Å²) in [5.41, 5.74) is -0.690. The second kappa shape index (κ2) is 6.13. The lowest BCUT2D eigenvalue weighted by molar-refractivity contribution is -0.141. The first-order valence-electron chi connectivity index (χ1n) is 8.83. The van der Waals surface area contributed by atoms with Crippen LogP contribution in [0.5, 0.6) is 0 Å². The largest absolute Gasteiger partial charge is 0.341 e. The van der Waals surface area contributed by atoms with Gasteiger partial charge in [0.05, 0.1) is 0 Å². The Hall–Kier alpha value is -1.59. The van der Waals surface area contributed by atoms with Crippen LogP contribution in [-0.2, 0) is 9.59 Å². The highest BCUT2D eigenvalue weighted by Crippen LogP contribution is 2.39. The van der Waals surface area contributed by atoms with Gasteiger partial charge in [-0.05, 0) is 31.6 Å². The Morgan fingerprint density at radius 1 is 1.17 bits per heavy atom. The molecular weight excluding hydrogens is 294 g/mol. The van der Waals surface area contributed by atoms with Gasteiger partial charge in [0.2, 0.25) is 5.91 Å². The quantitative estimate of drug-likeness (QED) is 0.729. The van der Waals surface area contributed by atoms with Gasteiger partial charge in [-0.3, -0.25) is 14.5 Å². The van der Waals surface area contributed by atoms with E-state index in [4.69, 9.17) is 0 Å². The Morgan fingerprint density at radius 3 is 2.52 bits per heavy atom. The maximum atomic E-state index is 12.9. The molecule has 3 rings (SSSR count). The molecule has 3 aliphatic rings.